The second-order valence-electron chi connectivity index (χ2n) is 7.18. The fraction of sp³-hybridized carbons (Fsp3) is 0.933. The zero-order valence-electron chi connectivity index (χ0n) is 12.8. The van der Waals surface area contributed by atoms with Crippen molar-refractivity contribution in [2.45, 2.75) is 66.5 Å². The van der Waals surface area contributed by atoms with Gasteiger partial charge in [0.25, 0.3) is 0 Å². The molecule has 0 bridgehead atoms. The minimum Gasteiger partial charge on any atom is -0.354 e. The van der Waals surface area contributed by atoms with Gasteiger partial charge in [0.15, 0.2) is 0 Å². The summed E-state index contributed by atoms with van der Waals surface area (Å²) in [6.07, 6.45) is 2.40. The molecule has 0 radical (unpaired) electrons. The van der Waals surface area contributed by atoms with Crippen LogP contribution in [0.1, 0.15) is 54.4 Å². The minimum absolute atomic E-state index is 0.0925. The van der Waals surface area contributed by atoms with Gasteiger partial charge in [0, 0.05) is 12.6 Å². The van der Waals surface area contributed by atoms with Gasteiger partial charge >= 0.3 is 0 Å². The van der Waals surface area contributed by atoms with Crippen molar-refractivity contribution in [2.75, 3.05) is 6.54 Å². The number of nitrogens with one attached hydrogen (secondary N) is 2. The molecule has 3 atom stereocenters. The van der Waals surface area contributed by atoms with Gasteiger partial charge in [-0.15, -0.1) is 0 Å². The molecular weight excluding hydrogens is 224 g/mol. The van der Waals surface area contributed by atoms with Crippen LogP contribution < -0.4 is 10.6 Å². The first-order chi connectivity index (χ1) is 8.21. The Hall–Kier alpha value is -0.570. The van der Waals surface area contributed by atoms with Gasteiger partial charge in [-0.05, 0) is 37.0 Å². The van der Waals surface area contributed by atoms with Gasteiger partial charge < -0.3 is 10.6 Å². The van der Waals surface area contributed by atoms with Crippen molar-refractivity contribution < 1.29 is 4.79 Å². The highest BCUT2D eigenvalue weighted by Gasteiger charge is 2.37. The van der Waals surface area contributed by atoms with Gasteiger partial charge in [0.2, 0.25) is 5.91 Å². The number of amides is 1. The van der Waals surface area contributed by atoms with Gasteiger partial charge in [0.05, 0.1) is 6.04 Å². The minimum atomic E-state index is -0.0925. The normalized spacial score (nSPS) is 28.4. The highest BCUT2D eigenvalue weighted by Crippen LogP contribution is 2.40. The van der Waals surface area contributed by atoms with Crippen molar-refractivity contribution in [3.05, 3.63) is 0 Å². The molecular formula is C15H30N2O. The Kier molecular flexibility index (Phi) is 5.20. The molecule has 3 nitrogen and oxygen atoms in total. The predicted molar refractivity (Wildman–Crippen MR) is 76.4 cm³/mol. The van der Waals surface area contributed by atoms with Crippen LogP contribution in [0.4, 0.5) is 0 Å². The van der Waals surface area contributed by atoms with Gasteiger partial charge in [-0.2, -0.15) is 0 Å². The maximum absolute atomic E-state index is 11.9. The average Bonchev–Trinajstić information content (AvgIpc) is 2.48. The molecule has 0 spiro atoms. The molecule has 0 aliphatic heterocycles. The molecule has 3 unspecified atom stereocenters. The molecule has 1 amide bonds. The summed E-state index contributed by atoms with van der Waals surface area (Å²) in [5.74, 6) is 1.28. The second kappa shape index (κ2) is 6.05. The van der Waals surface area contributed by atoms with Gasteiger partial charge in [0.1, 0.15) is 0 Å². The Morgan fingerprint density at radius 3 is 2.33 bits per heavy atom. The summed E-state index contributed by atoms with van der Waals surface area (Å²) in [4.78, 5) is 11.9. The first-order valence-electron chi connectivity index (χ1n) is 7.25. The van der Waals surface area contributed by atoms with Crippen molar-refractivity contribution in [1.82, 2.24) is 10.6 Å². The molecule has 0 heterocycles. The van der Waals surface area contributed by atoms with Crippen LogP contribution in [0.25, 0.3) is 0 Å². The molecule has 1 aliphatic rings. The second-order valence-corrected chi connectivity index (χ2v) is 7.18. The molecule has 1 fully saturated rings. The van der Waals surface area contributed by atoms with Crippen molar-refractivity contribution in [3.63, 3.8) is 0 Å². The Bertz CT molecular complexity index is 286. The van der Waals surface area contributed by atoms with E-state index in [4.69, 9.17) is 0 Å². The first-order valence-corrected chi connectivity index (χ1v) is 7.25. The summed E-state index contributed by atoms with van der Waals surface area (Å²) in [5, 5.41) is 6.49. The third kappa shape index (κ3) is 4.60. The first kappa shape index (κ1) is 15.5. The van der Waals surface area contributed by atoms with Crippen molar-refractivity contribution in [3.8, 4) is 0 Å². The van der Waals surface area contributed by atoms with Gasteiger partial charge in [-0.25, -0.2) is 0 Å². The molecule has 18 heavy (non-hydrogen) atoms. The lowest BCUT2D eigenvalue weighted by Crippen LogP contribution is -2.48. The number of carbonyl (C=O) groups excluding carboxylic acids is 1. The van der Waals surface area contributed by atoms with E-state index in [1.807, 2.05) is 6.92 Å². The fourth-order valence-electron chi connectivity index (χ4n) is 2.97. The summed E-state index contributed by atoms with van der Waals surface area (Å²) >= 11 is 0. The fourth-order valence-corrected chi connectivity index (χ4v) is 2.97. The van der Waals surface area contributed by atoms with Crippen LogP contribution in [0, 0.1) is 17.3 Å². The van der Waals surface area contributed by atoms with E-state index in [1.165, 1.54) is 6.42 Å². The quantitative estimate of drug-likeness (QED) is 0.791. The molecule has 0 aromatic rings. The van der Waals surface area contributed by atoms with E-state index in [0.717, 1.165) is 13.0 Å². The van der Waals surface area contributed by atoms with Crippen LogP contribution >= 0.6 is 0 Å². The number of rotatable bonds is 5. The molecule has 1 saturated carbocycles. The van der Waals surface area contributed by atoms with Gasteiger partial charge in [-0.3, -0.25) is 4.79 Å². The number of carbonyl (C=O) groups is 1. The molecule has 0 aromatic carbocycles. The highest BCUT2D eigenvalue weighted by molar-refractivity contribution is 5.81. The van der Waals surface area contributed by atoms with E-state index in [9.17, 15) is 4.79 Å². The molecule has 0 saturated heterocycles. The topological polar surface area (TPSA) is 41.1 Å². The Morgan fingerprint density at radius 2 is 1.89 bits per heavy atom. The monoisotopic (exact) mass is 254 g/mol. The van der Waals surface area contributed by atoms with Crippen LogP contribution in [0.3, 0.4) is 0 Å². The third-order valence-electron chi connectivity index (χ3n) is 3.88. The van der Waals surface area contributed by atoms with Crippen LogP contribution in [0.5, 0.6) is 0 Å². The summed E-state index contributed by atoms with van der Waals surface area (Å²) < 4.78 is 0. The Labute approximate surface area is 112 Å². The lowest BCUT2D eigenvalue weighted by Gasteiger charge is -2.23. The molecule has 1 aliphatic carbocycles. The van der Waals surface area contributed by atoms with E-state index in [-0.39, 0.29) is 11.9 Å². The lowest BCUT2D eigenvalue weighted by atomic mass is 9.91. The molecule has 3 heteroatoms. The Morgan fingerprint density at radius 1 is 1.28 bits per heavy atom. The third-order valence-corrected chi connectivity index (χ3v) is 3.88. The van der Waals surface area contributed by atoms with E-state index in [1.54, 1.807) is 0 Å². The number of hydrogen-bond acceptors (Lipinski definition) is 2. The summed E-state index contributed by atoms with van der Waals surface area (Å²) in [6.45, 7) is 13.9. The van der Waals surface area contributed by atoms with Crippen molar-refractivity contribution in [1.29, 1.82) is 0 Å². The largest absolute Gasteiger partial charge is 0.354 e. The summed E-state index contributed by atoms with van der Waals surface area (Å²) in [7, 11) is 0. The van der Waals surface area contributed by atoms with Crippen LogP contribution in [-0.2, 0) is 4.79 Å². The molecule has 2 N–H and O–H groups in total. The van der Waals surface area contributed by atoms with Gasteiger partial charge in [-0.1, -0.05) is 34.6 Å². The van der Waals surface area contributed by atoms with Crippen molar-refractivity contribution in [2.24, 2.45) is 17.3 Å². The van der Waals surface area contributed by atoms with Crippen LogP contribution in [-0.4, -0.2) is 24.5 Å². The lowest BCUT2D eigenvalue weighted by molar-refractivity contribution is -0.123. The van der Waals surface area contributed by atoms with Crippen molar-refractivity contribution >= 4 is 5.91 Å². The summed E-state index contributed by atoms with van der Waals surface area (Å²) in [5.41, 5.74) is 0.408. The van der Waals surface area contributed by atoms with E-state index >= 15 is 0 Å². The zero-order valence-corrected chi connectivity index (χ0v) is 12.8. The summed E-state index contributed by atoms with van der Waals surface area (Å²) in [6, 6.07) is 0.380. The highest BCUT2D eigenvalue weighted by atomic mass is 16.2. The predicted octanol–water partition coefficient (Wildman–Crippen LogP) is 2.56. The maximum atomic E-state index is 11.9. The Balaban J connectivity index is 2.40. The SMILES string of the molecule is CC(C)CNC(=O)C(C)NC1CC(C)(C)CC1C. The standard InChI is InChI=1S/C15H30N2O/c1-10(2)9-16-14(18)12(4)17-13-8-15(5,6)7-11(13)3/h10-13,17H,7-9H2,1-6H3,(H,16,18). The van der Waals surface area contributed by atoms with E-state index < -0.39 is 0 Å². The number of hydrogen-bond donors (Lipinski definition) is 2. The zero-order chi connectivity index (χ0) is 13.9. The molecule has 0 aromatic heterocycles. The van der Waals surface area contributed by atoms with Crippen LogP contribution in [0.2, 0.25) is 0 Å². The van der Waals surface area contributed by atoms with Crippen LogP contribution in [0.15, 0.2) is 0 Å². The van der Waals surface area contributed by atoms with E-state index in [0.29, 0.717) is 23.3 Å². The van der Waals surface area contributed by atoms with E-state index in [2.05, 4.69) is 45.3 Å². The average molecular weight is 254 g/mol. The smallest absolute Gasteiger partial charge is 0.236 e. The maximum Gasteiger partial charge on any atom is 0.236 e. The molecule has 1 rings (SSSR count). The molecule has 106 valence electrons.